The second-order valence-electron chi connectivity index (χ2n) is 4.01. The van der Waals surface area contributed by atoms with Crippen molar-refractivity contribution in [2.45, 2.75) is 13.5 Å². The zero-order valence-electron chi connectivity index (χ0n) is 9.92. The molecule has 5 nitrogen and oxygen atoms in total. The van der Waals surface area contributed by atoms with Gasteiger partial charge in [0.25, 0.3) is 0 Å². The quantitative estimate of drug-likeness (QED) is 0.762. The number of nitrogens with one attached hydrogen (secondary N) is 1. The number of hydrogen-bond acceptors (Lipinski definition) is 5. The molecule has 0 atom stereocenters. The number of aryl methyl sites for hydroxylation is 1. The van der Waals surface area contributed by atoms with Gasteiger partial charge in [-0.3, -0.25) is 0 Å². The highest BCUT2D eigenvalue weighted by molar-refractivity contribution is 5.92. The van der Waals surface area contributed by atoms with Crippen molar-refractivity contribution in [1.29, 1.82) is 0 Å². The third-order valence-corrected chi connectivity index (χ3v) is 2.79. The summed E-state index contributed by atoms with van der Waals surface area (Å²) in [6.45, 7) is 2.50. The van der Waals surface area contributed by atoms with Crippen LogP contribution in [0.1, 0.15) is 11.5 Å². The fraction of sp³-hybridized carbons (Fsp3) is 0.154. The molecule has 0 spiro atoms. The van der Waals surface area contributed by atoms with E-state index in [1.54, 1.807) is 6.20 Å². The van der Waals surface area contributed by atoms with Gasteiger partial charge in [-0.25, -0.2) is 0 Å². The van der Waals surface area contributed by atoms with E-state index < -0.39 is 0 Å². The Morgan fingerprint density at radius 2 is 1.94 bits per heavy atom. The highest BCUT2D eigenvalue weighted by atomic mass is 16.5. The summed E-state index contributed by atoms with van der Waals surface area (Å²) < 4.78 is 5.03. The monoisotopic (exact) mass is 240 g/mol. The summed E-state index contributed by atoms with van der Waals surface area (Å²) in [7, 11) is 0. The van der Waals surface area contributed by atoms with Crippen molar-refractivity contribution in [3.05, 3.63) is 48.0 Å². The van der Waals surface area contributed by atoms with Crippen molar-refractivity contribution < 1.29 is 4.52 Å². The molecule has 0 aliphatic rings. The molecule has 3 aromatic rings. The van der Waals surface area contributed by atoms with Crippen LogP contribution in [0.25, 0.3) is 10.8 Å². The van der Waals surface area contributed by atoms with E-state index in [0.29, 0.717) is 6.54 Å². The highest BCUT2D eigenvalue weighted by Gasteiger charge is 2.06. The maximum Gasteiger partial charge on any atom is 0.156 e. The summed E-state index contributed by atoms with van der Waals surface area (Å²) in [6.07, 6.45) is 1.62. The minimum absolute atomic E-state index is 0.543. The topological polar surface area (TPSA) is 63.8 Å². The van der Waals surface area contributed by atoms with Gasteiger partial charge in [-0.05, 0) is 6.92 Å². The van der Waals surface area contributed by atoms with Gasteiger partial charge in [0.1, 0.15) is 0 Å². The van der Waals surface area contributed by atoms with Crippen molar-refractivity contribution in [3.8, 4) is 0 Å². The molecule has 1 N–H and O–H groups in total. The molecule has 0 fully saturated rings. The Kier molecular flexibility index (Phi) is 2.64. The largest absolute Gasteiger partial charge is 0.361 e. The van der Waals surface area contributed by atoms with Crippen LogP contribution in [0.15, 0.2) is 41.1 Å². The molecule has 3 rings (SSSR count). The second-order valence-corrected chi connectivity index (χ2v) is 4.01. The molecule has 2 heterocycles. The fourth-order valence-corrected chi connectivity index (χ4v) is 1.87. The minimum Gasteiger partial charge on any atom is -0.361 e. The minimum atomic E-state index is 0.543. The number of fused-ring (bicyclic) bond motifs is 1. The van der Waals surface area contributed by atoms with Gasteiger partial charge >= 0.3 is 0 Å². The standard InChI is InChI=1S/C13H12N4O/c1-9-11-4-2-3-5-12(11)13(17-16-9)14-8-10-6-7-15-18-10/h2-7H,8H2,1H3,(H,14,17). The van der Waals surface area contributed by atoms with Crippen molar-refractivity contribution in [2.75, 3.05) is 5.32 Å². The van der Waals surface area contributed by atoms with Crippen LogP contribution < -0.4 is 5.32 Å². The molecule has 0 saturated carbocycles. The maximum absolute atomic E-state index is 5.03. The van der Waals surface area contributed by atoms with Crippen LogP contribution in [0.2, 0.25) is 0 Å². The molecule has 18 heavy (non-hydrogen) atoms. The number of benzene rings is 1. The van der Waals surface area contributed by atoms with E-state index in [9.17, 15) is 0 Å². The summed E-state index contributed by atoms with van der Waals surface area (Å²) in [6, 6.07) is 9.87. The van der Waals surface area contributed by atoms with Crippen LogP contribution in [0, 0.1) is 6.92 Å². The molecular formula is C13H12N4O. The highest BCUT2D eigenvalue weighted by Crippen LogP contribution is 2.22. The molecule has 0 bridgehead atoms. The summed E-state index contributed by atoms with van der Waals surface area (Å²) in [4.78, 5) is 0. The summed E-state index contributed by atoms with van der Waals surface area (Å²) in [5.41, 5.74) is 0.927. The molecule has 0 amide bonds. The second kappa shape index (κ2) is 4.44. The number of hydrogen-bond donors (Lipinski definition) is 1. The van der Waals surface area contributed by atoms with Gasteiger partial charge < -0.3 is 9.84 Å². The van der Waals surface area contributed by atoms with Gasteiger partial charge in [0.05, 0.1) is 18.4 Å². The van der Waals surface area contributed by atoms with Gasteiger partial charge in [-0.1, -0.05) is 29.4 Å². The third kappa shape index (κ3) is 1.90. The SMILES string of the molecule is Cc1nnc(NCc2ccno2)c2ccccc12. The van der Waals surface area contributed by atoms with Crippen molar-refractivity contribution >= 4 is 16.6 Å². The normalized spacial score (nSPS) is 10.7. The van der Waals surface area contributed by atoms with E-state index in [1.807, 2.05) is 37.3 Å². The Labute approximate surface area is 104 Å². The lowest BCUT2D eigenvalue weighted by Gasteiger charge is -2.07. The fourth-order valence-electron chi connectivity index (χ4n) is 1.87. The van der Waals surface area contributed by atoms with Gasteiger partial charge in [0, 0.05) is 16.8 Å². The molecule has 0 aliphatic carbocycles. The number of aromatic nitrogens is 3. The van der Waals surface area contributed by atoms with Gasteiger partial charge in [0.2, 0.25) is 0 Å². The number of nitrogens with zero attached hydrogens (tertiary/aromatic N) is 3. The first-order chi connectivity index (χ1) is 8.84. The van der Waals surface area contributed by atoms with Crippen LogP contribution in [-0.4, -0.2) is 15.4 Å². The van der Waals surface area contributed by atoms with Crippen LogP contribution in [-0.2, 0) is 6.54 Å². The molecule has 0 saturated heterocycles. The Morgan fingerprint density at radius 1 is 1.11 bits per heavy atom. The van der Waals surface area contributed by atoms with E-state index in [4.69, 9.17) is 4.52 Å². The Bertz CT molecular complexity index is 664. The molecular weight excluding hydrogens is 228 g/mol. The van der Waals surface area contributed by atoms with Crippen molar-refractivity contribution in [3.63, 3.8) is 0 Å². The zero-order chi connectivity index (χ0) is 12.4. The number of anilines is 1. The smallest absolute Gasteiger partial charge is 0.156 e. The van der Waals surface area contributed by atoms with Crippen LogP contribution in [0.4, 0.5) is 5.82 Å². The van der Waals surface area contributed by atoms with Gasteiger partial charge in [-0.2, -0.15) is 5.10 Å². The summed E-state index contributed by atoms with van der Waals surface area (Å²) in [5.74, 6) is 1.52. The molecule has 0 aliphatic heterocycles. The van der Waals surface area contributed by atoms with Gasteiger partial charge in [0.15, 0.2) is 11.6 Å². The Balaban J connectivity index is 1.94. The first kappa shape index (κ1) is 10.7. The summed E-state index contributed by atoms with van der Waals surface area (Å²) in [5, 5.41) is 17.4. The predicted molar refractivity (Wildman–Crippen MR) is 68.1 cm³/mol. The molecule has 0 radical (unpaired) electrons. The number of rotatable bonds is 3. The lowest BCUT2D eigenvalue weighted by atomic mass is 10.1. The molecule has 1 aromatic carbocycles. The van der Waals surface area contributed by atoms with Crippen LogP contribution in [0.5, 0.6) is 0 Å². The predicted octanol–water partition coefficient (Wildman–Crippen LogP) is 2.54. The van der Waals surface area contributed by atoms with Crippen molar-refractivity contribution in [1.82, 2.24) is 15.4 Å². The lowest BCUT2D eigenvalue weighted by Crippen LogP contribution is -2.03. The average molecular weight is 240 g/mol. The van der Waals surface area contributed by atoms with E-state index in [1.165, 1.54) is 0 Å². The van der Waals surface area contributed by atoms with Crippen LogP contribution in [0.3, 0.4) is 0 Å². The third-order valence-electron chi connectivity index (χ3n) is 2.79. The van der Waals surface area contributed by atoms with E-state index in [-0.39, 0.29) is 0 Å². The maximum atomic E-state index is 5.03. The molecule has 5 heteroatoms. The molecule has 0 unspecified atom stereocenters. The summed E-state index contributed by atoms with van der Waals surface area (Å²) >= 11 is 0. The van der Waals surface area contributed by atoms with Crippen molar-refractivity contribution in [2.24, 2.45) is 0 Å². The van der Waals surface area contributed by atoms with E-state index in [0.717, 1.165) is 28.0 Å². The average Bonchev–Trinajstić information content (AvgIpc) is 2.92. The Hall–Kier alpha value is -2.43. The van der Waals surface area contributed by atoms with Gasteiger partial charge in [-0.15, -0.1) is 5.10 Å². The molecule has 2 aromatic heterocycles. The Morgan fingerprint density at radius 3 is 2.72 bits per heavy atom. The van der Waals surface area contributed by atoms with E-state index in [2.05, 4.69) is 20.7 Å². The first-order valence-electron chi connectivity index (χ1n) is 5.70. The van der Waals surface area contributed by atoms with E-state index >= 15 is 0 Å². The van der Waals surface area contributed by atoms with Crippen LogP contribution >= 0.6 is 0 Å². The lowest BCUT2D eigenvalue weighted by molar-refractivity contribution is 0.388. The first-order valence-corrected chi connectivity index (χ1v) is 5.70. The molecule has 90 valence electrons. The zero-order valence-corrected chi connectivity index (χ0v) is 9.92.